The average molecular weight is 379 g/mol. The van der Waals surface area contributed by atoms with Gasteiger partial charge in [-0.1, -0.05) is 55.3 Å². The highest BCUT2D eigenvalue weighted by atomic mass is 79.9. The molecule has 1 saturated carbocycles. The topological polar surface area (TPSA) is 37.3 Å². The first-order chi connectivity index (χ1) is 10.7. The maximum absolute atomic E-state index is 12.0. The highest BCUT2D eigenvalue weighted by Gasteiger charge is 2.55. The molecule has 1 aromatic rings. The monoisotopic (exact) mass is 378 g/mol. The number of hydrogen-bond donors (Lipinski definition) is 1. The number of fused-ring (bicyclic) bond motifs is 3. The van der Waals surface area contributed by atoms with Gasteiger partial charge in [0.05, 0.1) is 5.41 Å². The predicted molar refractivity (Wildman–Crippen MR) is 97.0 cm³/mol. The maximum atomic E-state index is 12.0. The van der Waals surface area contributed by atoms with E-state index in [1.54, 1.807) is 0 Å². The lowest BCUT2D eigenvalue weighted by Gasteiger charge is -2.53. The molecule has 3 atom stereocenters. The summed E-state index contributed by atoms with van der Waals surface area (Å²) in [6, 6.07) is 4.53. The summed E-state index contributed by atoms with van der Waals surface area (Å²) in [7, 11) is 0. The van der Waals surface area contributed by atoms with Gasteiger partial charge in [-0.05, 0) is 66.5 Å². The van der Waals surface area contributed by atoms with E-state index >= 15 is 0 Å². The van der Waals surface area contributed by atoms with Crippen LogP contribution in [0.1, 0.15) is 76.0 Å². The maximum Gasteiger partial charge on any atom is 0.309 e. The van der Waals surface area contributed by atoms with Gasteiger partial charge in [0.25, 0.3) is 0 Å². The van der Waals surface area contributed by atoms with E-state index in [9.17, 15) is 9.90 Å². The molecule has 0 spiro atoms. The van der Waals surface area contributed by atoms with Crippen molar-refractivity contribution >= 4 is 21.9 Å². The number of carboxylic acid groups (broad SMARTS) is 1. The van der Waals surface area contributed by atoms with Crippen molar-refractivity contribution in [2.45, 2.75) is 71.1 Å². The molecule has 1 unspecified atom stereocenters. The molecule has 1 aromatic carbocycles. The van der Waals surface area contributed by atoms with E-state index in [0.29, 0.717) is 5.92 Å². The van der Waals surface area contributed by atoms with Gasteiger partial charge in [0.2, 0.25) is 0 Å². The summed E-state index contributed by atoms with van der Waals surface area (Å²) in [6.45, 7) is 8.72. The minimum absolute atomic E-state index is 0.0169. The van der Waals surface area contributed by atoms with Crippen LogP contribution in [-0.4, -0.2) is 11.1 Å². The van der Waals surface area contributed by atoms with Gasteiger partial charge in [-0.2, -0.15) is 0 Å². The fourth-order valence-electron chi connectivity index (χ4n) is 5.24. The molecule has 0 bridgehead atoms. The van der Waals surface area contributed by atoms with Crippen LogP contribution >= 0.6 is 15.9 Å². The zero-order chi connectivity index (χ0) is 17.0. The fraction of sp³-hybridized carbons (Fsp3) is 0.650. The summed E-state index contributed by atoms with van der Waals surface area (Å²) in [6.07, 6.45) is 4.87. The molecule has 0 amide bonds. The van der Waals surface area contributed by atoms with Gasteiger partial charge in [0, 0.05) is 4.47 Å². The normalized spacial score (nSPS) is 33.2. The summed E-state index contributed by atoms with van der Waals surface area (Å²) in [5.41, 5.74) is 3.56. The molecule has 0 aliphatic heterocycles. The first-order valence-electron chi connectivity index (χ1n) is 8.77. The standard InChI is InChI=1S/C20H27BrO2/c1-12(2)13-6-8-15-14(17(13)21)7-9-16-19(15,3)10-5-11-20(16,4)18(22)23/h6,8,12,16H,5,7,9-11H2,1-4H3,(H,22,23)/t16?,19-,20-/m1/s1. The van der Waals surface area contributed by atoms with Crippen molar-refractivity contribution in [3.8, 4) is 0 Å². The van der Waals surface area contributed by atoms with Crippen LogP contribution in [0.4, 0.5) is 0 Å². The number of carbonyl (C=O) groups is 1. The zero-order valence-electron chi connectivity index (χ0n) is 14.6. The van der Waals surface area contributed by atoms with Crippen LogP contribution in [0.2, 0.25) is 0 Å². The van der Waals surface area contributed by atoms with Crippen molar-refractivity contribution in [3.63, 3.8) is 0 Å². The minimum Gasteiger partial charge on any atom is -0.481 e. The Bertz CT molecular complexity index is 651. The molecule has 2 aliphatic carbocycles. The van der Waals surface area contributed by atoms with Crippen molar-refractivity contribution in [1.82, 2.24) is 0 Å². The predicted octanol–water partition coefficient (Wildman–Crippen LogP) is 5.67. The van der Waals surface area contributed by atoms with Crippen LogP contribution in [0.15, 0.2) is 16.6 Å². The molecule has 3 heteroatoms. The Morgan fingerprint density at radius 3 is 2.61 bits per heavy atom. The zero-order valence-corrected chi connectivity index (χ0v) is 16.2. The van der Waals surface area contributed by atoms with E-state index in [2.05, 4.69) is 48.8 Å². The Hall–Kier alpha value is -0.830. The highest BCUT2D eigenvalue weighted by Crippen LogP contribution is 2.58. The summed E-state index contributed by atoms with van der Waals surface area (Å²) >= 11 is 3.85. The molecule has 0 aromatic heterocycles. The largest absolute Gasteiger partial charge is 0.481 e. The Balaban J connectivity index is 2.14. The number of carboxylic acids is 1. The molecular weight excluding hydrogens is 352 g/mol. The SMILES string of the molecule is CC(C)c1ccc2c(c1Br)CCC1[C@](C)(C(=O)O)CCC[C@]21C. The van der Waals surface area contributed by atoms with Gasteiger partial charge in [0.15, 0.2) is 0 Å². The van der Waals surface area contributed by atoms with E-state index in [1.807, 2.05) is 6.92 Å². The summed E-state index contributed by atoms with van der Waals surface area (Å²) in [5.74, 6) is 0.108. The number of benzene rings is 1. The van der Waals surface area contributed by atoms with Gasteiger partial charge in [-0.25, -0.2) is 0 Å². The highest BCUT2D eigenvalue weighted by molar-refractivity contribution is 9.10. The van der Waals surface area contributed by atoms with E-state index < -0.39 is 11.4 Å². The molecule has 1 N–H and O–H groups in total. The first-order valence-corrected chi connectivity index (χ1v) is 9.56. The summed E-state index contributed by atoms with van der Waals surface area (Å²) in [5, 5.41) is 9.86. The molecule has 2 aliphatic rings. The van der Waals surface area contributed by atoms with Crippen molar-refractivity contribution in [1.29, 1.82) is 0 Å². The second kappa shape index (κ2) is 5.61. The number of aliphatic carboxylic acids is 1. The lowest BCUT2D eigenvalue weighted by molar-refractivity contribution is -0.157. The van der Waals surface area contributed by atoms with E-state index in [1.165, 1.54) is 21.2 Å². The van der Waals surface area contributed by atoms with Crippen LogP contribution in [0.3, 0.4) is 0 Å². The molecule has 23 heavy (non-hydrogen) atoms. The lowest BCUT2D eigenvalue weighted by Crippen LogP contribution is -2.52. The lowest BCUT2D eigenvalue weighted by atomic mass is 9.50. The first kappa shape index (κ1) is 17.0. The average Bonchev–Trinajstić information content (AvgIpc) is 2.47. The molecule has 3 rings (SSSR count). The van der Waals surface area contributed by atoms with Crippen molar-refractivity contribution in [2.24, 2.45) is 11.3 Å². The van der Waals surface area contributed by atoms with Crippen LogP contribution in [-0.2, 0) is 16.6 Å². The van der Waals surface area contributed by atoms with E-state index in [4.69, 9.17) is 0 Å². The molecule has 0 saturated heterocycles. The molecular formula is C20H27BrO2. The van der Waals surface area contributed by atoms with Crippen LogP contribution in [0, 0.1) is 11.3 Å². The summed E-state index contributed by atoms with van der Waals surface area (Å²) in [4.78, 5) is 12.0. The van der Waals surface area contributed by atoms with Gasteiger partial charge in [-0.15, -0.1) is 0 Å². The minimum atomic E-state index is -0.616. The van der Waals surface area contributed by atoms with E-state index in [0.717, 1.165) is 32.1 Å². The number of hydrogen-bond acceptors (Lipinski definition) is 1. The molecule has 2 nitrogen and oxygen atoms in total. The van der Waals surface area contributed by atoms with Gasteiger partial charge in [-0.3, -0.25) is 4.79 Å². The van der Waals surface area contributed by atoms with Crippen molar-refractivity contribution in [3.05, 3.63) is 33.3 Å². The molecule has 126 valence electrons. The Kier molecular flexibility index (Phi) is 4.15. The van der Waals surface area contributed by atoms with Crippen molar-refractivity contribution in [2.75, 3.05) is 0 Å². The quantitative estimate of drug-likeness (QED) is 0.719. The Labute approximate surface area is 147 Å². The smallest absolute Gasteiger partial charge is 0.309 e. The second-order valence-corrected chi connectivity index (χ2v) is 9.03. The van der Waals surface area contributed by atoms with Gasteiger partial charge < -0.3 is 5.11 Å². The van der Waals surface area contributed by atoms with Gasteiger partial charge >= 0.3 is 5.97 Å². The Morgan fingerprint density at radius 2 is 2.00 bits per heavy atom. The molecule has 0 radical (unpaired) electrons. The van der Waals surface area contributed by atoms with Crippen LogP contribution < -0.4 is 0 Å². The number of rotatable bonds is 2. The second-order valence-electron chi connectivity index (χ2n) is 8.23. The summed E-state index contributed by atoms with van der Waals surface area (Å²) < 4.78 is 1.26. The van der Waals surface area contributed by atoms with Crippen molar-refractivity contribution < 1.29 is 9.90 Å². The van der Waals surface area contributed by atoms with Crippen LogP contribution in [0.5, 0.6) is 0 Å². The third kappa shape index (κ3) is 2.38. The fourth-order valence-corrected chi connectivity index (χ4v) is 6.25. The molecule has 0 heterocycles. The van der Waals surface area contributed by atoms with E-state index in [-0.39, 0.29) is 11.3 Å². The Morgan fingerprint density at radius 1 is 1.30 bits per heavy atom. The van der Waals surface area contributed by atoms with Gasteiger partial charge in [0.1, 0.15) is 0 Å². The number of halogens is 1. The third-order valence-corrected chi connectivity index (χ3v) is 7.55. The van der Waals surface area contributed by atoms with Crippen LogP contribution in [0.25, 0.3) is 0 Å². The molecule has 1 fully saturated rings. The third-order valence-electron chi connectivity index (χ3n) is 6.61.